The molecule has 1 aromatic carbocycles. The van der Waals surface area contributed by atoms with Crippen molar-refractivity contribution in [1.29, 1.82) is 0 Å². The summed E-state index contributed by atoms with van der Waals surface area (Å²) < 4.78 is 35.4. The van der Waals surface area contributed by atoms with Crippen LogP contribution in [0.1, 0.15) is 27.9 Å². The second kappa shape index (κ2) is 7.72. The summed E-state index contributed by atoms with van der Waals surface area (Å²) in [6.07, 6.45) is 1.79. The molecule has 0 amide bonds. The molecule has 0 saturated heterocycles. The molecule has 0 saturated carbocycles. The third-order valence-electron chi connectivity index (χ3n) is 4.43. The highest BCUT2D eigenvalue weighted by Gasteiger charge is 2.17. The van der Waals surface area contributed by atoms with Crippen molar-refractivity contribution >= 4 is 22.8 Å². The Labute approximate surface area is 160 Å². The number of aromatic nitrogens is 3. The van der Waals surface area contributed by atoms with Gasteiger partial charge in [-0.25, -0.2) is 4.98 Å². The predicted molar refractivity (Wildman–Crippen MR) is 102 cm³/mol. The number of benzene rings is 1. The van der Waals surface area contributed by atoms with Crippen LogP contribution in [0.4, 0.5) is 8.78 Å². The van der Waals surface area contributed by atoms with E-state index in [1.165, 1.54) is 11.8 Å². The first kappa shape index (κ1) is 19.4. The Kier molecular flexibility index (Phi) is 5.55. The average molecular weight is 393 g/mol. The smallest absolute Gasteiger partial charge is 0.387 e. The van der Waals surface area contributed by atoms with Gasteiger partial charge >= 0.3 is 6.61 Å². The summed E-state index contributed by atoms with van der Waals surface area (Å²) in [5, 5.41) is 0.697. The first-order chi connectivity index (χ1) is 12.8. The number of imidazole rings is 1. The van der Waals surface area contributed by atoms with Crippen molar-refractivity contribution in [1.82, 2.24) is 15.0 Å². The molecule has 0 radical (unpaired) electrons. The lowest BCUT2D eigenvalue weighted by atomic mass is 10.1. The number of thioether (sulfide) groups is 1. The van der Waals surface area contributed by atoms with Crippen LogP contribution in [0.3, 0.4) is 0 Å². The van der Waals surface area contributed by atoms with Gasteiger partial charge in [-0.2, -0.15) is 8.78 Å². The quantitative estimate of drug-likeness (QED) is 0.591. The molecule has 0 atom stereocenters. The number of ether oxygens (including phenoxy) is 2. The summed E-state index contributed by atoms with van der Waals surface area (Å²) in [6.45, 7) is 4.55. The van der Waals surface area contributed by atoms with E-state index >= 15 is 0 Å². The van der Waals surface area contributed by atoms with E-state index < -0.39 is 6.61 Å². The van der Waals surface area contributed by atoms with Crippen molar-refractivity contribution in [3.05, 3.63) is 40.2 Å². The van der Waals surface area contributed by atoms with Gasteiger partial charge in [-0.3, -0.25) is 4.98 Å². The number of aromatic amines is 1. The van der Waals surface area contributed by atoms with Crippen molar-refractivity contribution in [2.75, 3.05) is 7.11 Å². The summed E-state index contributed by atoms with van der Waals surface area (Å²) in [5.74, 6) is 1.63. The molecule has 0 spiro atoms. The molecular formula is C19H21F2N3O2S. The molecule has 0 aliphatic heterocycles. The topological polar surface area (TPSA) is 60.0 Å². The number of methoxy groups -OCH3 is 1. The van der Waals surface area contributed by atoms with E-state index in [2.05, 4.69) is 19.7 Å². The Hall–Kier alpha value is -2.35. The minimum absolute atomic E-state index is 0.182. The number of halogens is 2. The van der Waals surface area contributed by atoms with Crippen LogP contribution in [0.5, 0.6) is 11.5 Å². The number of H-pyrrole nitrogens is 1. The van der Waals surface area contributed by atoms with E-state index in [0.29, 0.717) is 27.6 Å². The standard InChI is InChI=1S/C19H21F2N3O2S/c1-9-6-13-15(12(4)17(9)26-18(20)21)24-19(23-13)27-8-14-11(3)16(25-5)10(2)7-22-14/h6-7,18H,8H2,1-5H3,(H,23,24). The molecule has 2 aromatic heterocycles. The fraction of sp³-hybridized carbons (Fsp3) is 0.368. The number of nitrogens with zero attached hydrogens (tertiary/aromatic N) is 2. The maximum atomic E-state index is 12.7. The Morgan fingerprint density at radius 1 is 1.11 bits per heavy atom. The first-order valence-electron chi connectivity index (χ1n) is 8.38. The number of fused-ring (bicyclic) bond motifs is 1. The van der Waals surface area contributed by atoms with Gasteiger partial charge in [0.05, 0.1) is 23.8 Å². The first-order valence-corrected chi connectivity index (χ1v) is 9.37. The molecule has 0 bridgehead atoms. The van der Waals surface area contributed by atoms with Crippen LogP contribution in [-0.4, -0.2) is 28.7 Å². The van der Waals surface area contributed by atoms with Gasteiger partial charge in [0.1, 0.15) is 11.5 Å². The SMILES string of the molecule is COc1c(C)cnc(CSc2nc3c(C)c(OC(F)F)c(C)cc3[nH]2)c1C. The maximum absolute atomic E-state index is 12.7. The highest BCUT2D eigenvalue weighted by molar-refractivity contribution is 7.98. The van der Waals surface area contributed by atoms with E-state index in [-0.39, 0.29) is 5.75 Å². The maximum Gasteiger partial charge on any atom is 0.387 e. The monoisotopic (exact) mass is 393 g/mol. The molecule has 144 valence electrons. The molecule has 8 heteroatoms. The third-order valence-corrected chi connectivity index (χ3v) is 5.31. The summed E-state index contributed by atoms with van der Waals surface area (Å²) in [4.78, 5) is 12.3. The van der Waals surface area contributed by atoms with Gasteiger partial charge in [0.15, 0.2) is 5.16 Å². The Morgan fingerprint density at radius 3 is 2.52 bits per heavy atom. The molecule has 27 heavy (non-hydrogen) atoms. The van der Waals surface area contributed by atoms with E-state index in [1.807, 2.05) is 13.8 Å². The van der Waals surface area contributed by atoms with Crippen molar-refractivity contribution in [2.45, 2.75) is 45.2 Å². The number of nitrogens with one attached hydrogen (secondary N) is 1. The zero-order chi connectivity index (χ0) is 19.7. The molecule has 5 nitrogen and oxygen atoms in total. The van der Waals surface area contributed by atoms with E-state index in [0.717, 1.165) is 28.1 Å². The van der Waals surface area contributed by atoms with E-state index in [1.54, 1.807) is 33.2 Å². The summed E-state index contributed by atoms with van der Waals surface area (Å²) >= 11 is 1.50. The van der Waals surface area contributed by atoms with Gasteiger partial charge in [0, 0.05) is 28.6 Å². The number of pyridine rings is 1. The molecule has 0 fully saturated rings. The number of rotatable bonds is 6. The average Bonchev–Trinajstić information content (AvgIpc) is 3.01. The van der Waals surface area contributed by atoms with Crippen LogP contribution >= 0.6 is 11.8 Å². The van der Waals surface area contributed by atoms with Crippen LogP contribution in [0.25, 0.3) is 11.0 Å². The van der Waals surface area contributed by atoms with Crippen LogP contribution in [0.2, 0.25) is 0 Å². The number of hydrogen-bond acceptors (Lipinski definition) is 5. The van der Waals surface area contributed by atoms with Crippen molar-refractivity contribution in [3.63, 3.8) is 0 Å². The number of aryl methyl sites for hydroxylation is 3. The summed E-state index contributed by atoms with van der Waals surface area (Å²) in [7, 11) is 1.65. The summed E-state index contributed by atoms with van der Waals surface area (Å²) in [5.41, 5.74) is 5.56. The molecule has 0 aliphatic carbocycles. The molecular weight excluding hydrogens is 372 g/mol. The van der Waals surface area contributed by atoms with Crippen LogP contribution < -0.4 is 9.47 Å². The number of hydrogen-bond donors (Lipinski definition) is 1. The van der Waals surface area contributed by atoms with Gasteiger partial charge in [0.2, 0.25) is 0 Å². The Balaban J connectivity index is 1.88. The van der Waals surface area contributed by atoms with Crippen molar-refractivity contribution in [3.8, 4) is 11.5 Å². The normalized spacial score (nSPS) is 11.4. The second-order valence-electron chi connectivity index (χ2n) is 6.30. The lowest BCUT2D eigenvalue weighted by Crippen LogP contribution is -2.05. The fourth-order valence-electron chi connectivity index (χ4n) is 3.13. The molecule has 0 aliphatic rings. The van der Waals surface area contributed by atoms with Crippen molar-refractivity contribution in [2.24, 2.45) is 0 Å². The Bertz CT molecular complexity index is 989. The highest BCUT2D eigenvalue weighted by atomic mass is 32.2. The second-order valence-corrected chi connectivity index (χ2v) is 7.26. The minimum atomic E-state index is -2.86. The zero-order valence-electron chi connectivity index (χ0n) is 15.8. The number of alkyl halides is 2. The summed E-state index contributed by atoms with van der Waals surface area (Å²) in [6, 6.07) is 1.77. The van der Waals surface area contributed by atoms with Crippen LogP contribution in [0, 0.1) is 27.7 Å². The van der Waals surface area contributed by atoms with Crippen molar-refractivity contribution < 1.29 is 18.3 Å². The minimum Gasteiger partial charge on any atom is -0.496 e. The molecule has 0 unspecified atom stereocenters. The third kappa shape index (κ3) is 3.85. The van der Waals surface area contributed by atoms with Gasteiger partial charge < -0.3 is 14.5 Å². The van der Waals surface area contributed by atoms with Gasteiger partial charge in [-0.15, -0.1) is 0 Å². The van der Waals surface area contributed by atoms with Gasteiger partial charge in [0.25, 0.3) is 0 Å². The lowest BCUT2D eigenvalue weighted by molar-refractivity contribution is -0.0506. The highest BCUT2D eigenvalue weighted by Crippen LogP contribution is 2.34. The van der Waals surface area contributed by atoms with E-state index in [9.17, 15) is 8.78 Å². The lowest BCUT2D eigenvalue weighted by Gasteiger charge is -2.11. The molecule has 1 N–H and O–H groups in total. The van der Waals surface area contributed by atoms with Gasteiger partial charge in [-0.1, -0.05) is 11.8 Å². The Morgan fingerprint density at radius 2 is 1.85 bits per heavy atom. The molecule has 3 aromatic rings. The van der Waals surface area contributed by atoms with Crippen LogP contribution in [0.15, 0.2) is 17.4 Å². The van der Waals surface area contributed by atoms with Gasteiger partial charge in [-0.05, 0) is 39.3 Å². The molecule has 2 heterocycles. The van der Waals surface area contributed by atoms with E-state index in [4.69, 9.17) is 4.74 Å². The fourth-order valence-corrected chi connectivity index (χ4v) is 4.03. The zero-order valence-corrected chi connectivity index (χ0v) is 16.6. The van der Waals surface area contributed by atoms with Crippen LogP contribution in [-0.2, 0) is 5.75 Å². The molecule has 3 rings (SSSR count). The predicted octanol–water partition coefficient (Wildman–Crippen LogP) is 5.09. The largest absolute Gasteiger partial charge is 0.496 e.